The van der Waals surface area contributed by atoms with Crippen molar-refractivity contribution in [1.29, 1.82) is 0 Å². The molecule has 0 unspecified atom stereocenters. The lowest BCUT2D eigenvalue weighted by Crippen LogP contribution is -2.33. The van der Waals surface area contributed by atoms with Crippen molar-refractivity contribution >= 4 is 38.6 Å². The Kier molecular flexibility index (Phi) is 5.64. The molecule has 19 heavy (non-hydrogen) atoms. The number of hydrogen-bond donors (Lipinski definition) is 1. The SMILES string of the molecule is COC(CNS(=O)(=O)c1cc([N+](=O)[O-])c(Cl)s1)OC. The number of nitrogens with one attached hydrogen (secondary N) is 1. The summed E-state index contributed by atoms with van der Waals surface area (Å²) in [5.41, 5.74) is -0.443. The molecule has 0 atom stereocenters. The number of hydrogen-bond acceptors (Lipinski definition) is 7. The van der Waals surface area contributed by atoms with Crippen LogP contribution in [-0.2, 0) is 19.5 Å². The van der Waals surface area contributed by atoms with Crippen LogP contribution in [-0.4, -0.2) is 40.4 Å². The Balaban J connectivity index is 2.89. The van der Waals surface area contributed by atoms with E-state index < -0.39 is 26.9 Å². The standard InChI is InChI=1S/C8H11ClN2O6S2/c1-16-6(17-2)4-10-19(14,15)7-3-5(11(12)13)8(9)18-7/h3,6,10H,4H2,1-2H3. The summed E-state index contributed by atoms with van der Waals surface area (Å²) in [7, 11) is -1.18. The maximum Gasteiger partial charge on any atom is 0.300 e. The number of thiophene rings is 1. The summed E-state index contributed by atoms with van der Waals surface area (Å²) in [5, 5.41) is 10.6. The molecule has 0 aliphatic heterocycles. The van der Waals surface area contributed by atoms with Gasteiger partial charge in [-0.05, 0) is 0 Å². The summed E-state index contributed by atoms with van der Waals surface area (Å²) in [6.45, 7) is -0.126. The van der Waals surface area contributed by atoms with Gasteiger partial charge in [-0.25, -0.2) is 13.1 Å². The van der Waals surface area contributed by atoms with Gasteiger partial charge in [0.05, 0.1) is 11.5 Å². The van der Waals surface area contributed by atoms with Gasteiger partial charge in [0.25, 0.3) is 15.7 Å². The van der Waals surface area contributed by atoms with Gasteiger partial charge in [-0.1, -0.05) is 11.6 Å². The maximum atomic E-state index is 11.9. The maximum absolute atomic E-state index is 11.9. The van der Waals surface area contributed by atoms with E-state index in [0.29, 0.717) is 11.3 Å². The van der Waals surface area contributed by atoms with Crippen molar-refractivity contribution in [3.8, 4) is 0 Å². The van der Waals surface area contributed by atoms with Crippen molar-refractivity contribution in [2.24, 2.45) is 0 Å². The van der Waals surface area contributed by atoms with Crippen LogP contribution >= 0.6 is 22.9 Å². The quantitative estimate of drug-likeness (QED) is 0.457. The number of sulfonamides is 1. The lowest BCUT2D eigenvalue weighted by molar-refractivity contribution is -0.384. The normalized spacial score (nSPS) is 12.0. The summed E-state index contributed by atoms with van der Waals surface area (Å²) in [6.07, 6.45) is -0.750. The second-order valence-electron chi connectivity index (χ2n) is 3.23. The molecule has 0 bridgehead atoms. The van der Waals surface area contributed by atoms with Crippen molar-refractivity contribution in [3.05, 3.63) is 20.5 Å². The predicted octanol–water partition coefficient (Wildman–Crippen LogP) is 1.21. The minimum atomic E-state index is -3.89. The topological polar surface area (TPSA) is 108 Å². The van der Waals surface area contributed by atoms with Crippen molar-refractivity contribution < 1.29 is 22.8 Å². The molecule has 0 aromatic carbocycles. The average molecular weight is 331 g/mol. The fourth-order valence-electron chi connectivity index (χ4n) is 1.11. The third-order valence-electron chi connectivity index (χ3n) is 2.07. The van der Waals surface area contributed by atoms with Crippen LogP contribution < -0.4 is 4.72 Å². The first-order chi connectivity index (χ1) is 8.81. The molecule has 0 fully saturated rings. The fourth-order valence-corrected chi connectivity index (χ4v) is 3.83. The minimum Gasteiger partial charge on any atom is -0.355 e. The zero-order valence-electron chi connectivity index (χ0n) is 9.95. The third-order valence-corrected chi connectivity index (χ3v) is 5.31. The second kappa shape index (κ2) is 6.59. The molecule has 108 valence electrons. The molecule has 1 N–H and O–H groups in total. The first-order valence-corrected chi connectivity index (χ1v) is 7.48. The Morgan fingerprint density at radius 3 is 2.53 bits per heavy atom. The van der Waals surface area contributed by atoms with Crippen molar-refractivity contribution in [2.75, 3.05) is 20.8 Å². The highest BCUT2D eigenvalue weighted by Crippen LogP contribution is 2.35. The zero-order chi connectivity index (χ0) is 14.6. The van der Waals surface area contributed by atoms with Gasteiger partial charge < -0.3 is 9.47 Å². The van der Waals surface area contributed by atoms with Crippen molar-refractivity contribution in [1.82, 2.24) is 4.72 Å². The van der Waals surface area contributed by atoms with Gasteiger partial charge in [0.2, 0.25) is 0 Å². The van der Waals surface area contributed by atoms with Crippen LogP contribution in [0, 0.1) is 10.1 Å². The molecular formula is C8H11ClN2O6S2. The van der Waals surface area contributed by atoms with Gasteiger partial charge in [0.1, 0.15) is 4.21 Å². The third kappa shape index (κ3) is 4.09. The van der Waals surface area contributed by atoms with Crippen molar-refractivity contribution in [2.45, 2.75) is 10.5 Å². The zero-order valence-corrected chi connectivity index (χ0v) is 12.3. The lowest BCUT2D eigenvalue weighted by Gasteiger charge is -2.13. The van der Waals surface area contributed by atoms with Gasteiger partial charge in [-0.15, -0.1) is 11.3 Å². The predicted molar refractivity (Wildman–Crippen MR) is 69.0 cm³/mol. The fraction of sp³-hybridized carbons (Fsp3) is 0.500. The molecule has 1 aromatic rings. The summed E-state index contributed by atoms with van der Waals surface area (Å²) in [4.78, 5) is 9.85. The first kappa shape index (κ1) is 16.3. The summed E-state index contributed by atoms with van der Waals surface area (Å²) in [6, 6.07) is 0.907. The van der Waals surface area contributed by atoms with Crippen LogP contribution in [0.15, 0.2) is 10.3 Å². The van der Waals surface area contributed by atoms with Crippen LogP contribution in [0.2, 0.25) is 4.34 Å². The Bertz CT molecular complexity index is 554. The highest BCUT2D eigenvalue weighted by Gasteiger charge is 2.25. The molecule has 0 aliphatic carbocycles. The number of nitrogens with zero attached hydrogens (tertiary/aromatic N) is 1. The Labute approximate surface area is 118 Å². The summed E-state index contributed by atoms with van der Waals surface area (Å²) in [5.74, 6) is 0. The smallest absolute Gasteiger partial charge is 0.300 e. The molecule has 1 rings (SSSR count). The highest BCUT2D eigenvalue weighted by molar-refractivity contribution is 7.91. The molecular weight excluding hydrogens is 320 g/mol. The van der Waals surface area contributed by atoms with E-state index >= 15 is 0 Å². The van der Waals surface area contributed by atoms with Crippen LogP contribution in [0.25, 0.3) is 0 Å². The molecule has 1 heterocycles. The van der Waals surface area contributed by atoms with E-state index in [2.05, 4.69) is 4.72 Å². The largest absolute Gasteiger partial charge is 0.355 e. The molecule has 0 radical (unpaired) electrons. The van der Waals surface area contributed by atoms with E-state index in [1.165, 1.54) is 14.2 Å². The first-order valence-electron chi connectivity index (χ1n) is 4.80. The van der Waals surface area contributed by atoms with Gasteiger partial charge in [-0.3, -0.25) is 10.1 Å². The molecule has 11 heteroatoms. The molecule has 0 amide bonds. The Morgan fingerprint density at radius 1 is 1.53 bits per heavy atom. The van der Waals surface area contributed by atoms with E-state index in [1.54, 1.807) is 0 Å². The Morgan fingerprint density at radius 2 is 2.11 bits per heavy atom. The van der Waals surface area contributed by atoms with Crippen LogP contribution in [0.3, 0.4) is 0 Å². The van der Waals surface area contributed by atoms with E-state index in [9.17, 15) is 18.5 Å². The number of ether oxygens (including phenoxy) is 2. The minimum absolute atomic E-state index is 0.126. The molecule has 0 saturated heterocycles. The van der Waals surface area contributed by atoms with Crippen molar-refractivity contribution in [3.63, 3.8) is 0 Å². The molecule has 0 spiro atoms. The van der Waals surface area contributed by atoms with Crippen LogP contribution in [0.4, 0.5) is 5.69 Å². The lowest BCUT2D eigenvalue weighted by atomic mass is 10.6. The molecule has 1 aromatic heterocycles. The summed E-state index contributed by atoms with van der Waals surface area (Å²) < 4.78 is 35.1. The number of rotatable bonds is 7. The van der Waals surface area contributed by atoms with E-state index in [0.717, 1.165) is 6.07 Å². The average Bonchev–Trinajstić information content (AvgIpc) is 2.73. The van der Waals surface area contributed by atoms with Gasteiger partial charge in [0.15, 0.2) is 10.6 Å². The van der Waals surface area contributed by atoms with Crippen LogP contribution in [0.1, 0.15) is 0 Å². The number of halogens is 1. The van der Waals surface area contributed by atoms with E-state index in [-0.39, 0.29) is 15.1 Å². The molecule has 8 nitrogen and oxygen atoms in total. The van der Waals surface area contributed by atoms with Gasteiger partial charge >= 0.3 is 0 Å². The summed E-state index contributed by atoms with van der Waals surface area (Å²) >= 11 is 6.21. The second-order valence-corrected chi connectivity index (χ2v) is 6.88. The van der Waals surface area contributed by atoms with E-state index in [4.69, 9.17) is 21.1 Å². The van der Waals surface area contributed by atoms with Crippen LogP contribution in [0.5, 0.6) is 0 Å². The van der Waals surface area contributed by atoms with E-state index in [1.807, 2.05) is 0 Å². The molecule has 0 aliphatic rings. The monoisotopic (exact) mass is 330 g/mol. The number of methoxy groups -OCH3 is 2. The molecule has 0 saturated carbocycles. The Hall–Kier alpha value is -0.780. The number of nitro groups is 1. The van der Waals surface area contributed by atoms with Gasteiger partial charge in [-0.2, -0.15) is 0 Å². The van der Waals surface area contributed by atoms with Gasteiger partial charge in [0, 0.05) is 20.3 Å². The highest BCUT2D eigenvalue weighted by atomic mass is 35.5.